The number of thiophene rings is 1. The van der Waals surface area contributed by atoms with Gasteiger partial charge in [0.15, 0.2) is 16.6 Å². The number of benzene rings is 1. The summed E-state index contributed by atoms with van der Waals surface area (Å²) >= 11 is 6.39. The molecule has 3 aromatic rings. The highest BCUT2D eigenvalue weighted by molar-refractivity contribution is 9.11. The number of anilines is 1. The van der Waals surface area contributed by atoms with Crippen LogP contribution < -0.4 is 26.8 Å². The first-order valence-corrected chi connectivity index (χ1v) is 11.4. The lowest BCUT2D eigenvalue weighted by Gasteiger charge is -2.20. The topological polar surface area (TPSA) is 54.9 Å². The van der Waals surface area contributed by atoms with Crippen LogP contribution in [0, 0.1) is 0 Å². The number of hydrogen-bond acceptors (Lipinski definition) is 7. The van der Waals surface area contributed by atoms with Crippen LogP contribution >= 0.6 is 38.6 Å². The van der Waals surface area contributed by atoms with E-state index in [-0.39, 0.29) is 18.3 Å². The fourth-order valence-corrected chi connectivity index (χ4v) is 5.29. The predicted molar refractivity (Wildman–Crippen MR) is 117 cm³/mol. The lowest BCUT2D eigenvalue weighted by atomic mass is 10.3. The molecular formula is C19H20BrClN3O3S2-. The largest absolute Gasteiger partial charge is 1.00 e. The summed E-state index contributed by atoms with van der Waals surface area (Å²) in [7, 11) is 4.06. The molecule has 0 bridgehead atoms. The minimum Gasteiger partial charge on any atom is -1.00 e. The fourth-order valence-electron chi connectivity index (χ4n) is 2.96. The Kier molecular flexibility index (Phi) is 7.39. The van der Waals surface area contributed by atoms with Crippen LogP contribution in [-0.2, 0) is 0 Å². The molecule has 29 heavy (non-hydrogen) atoms. The predicted octanol–water partition coefficient (Wildman–Crippen LogP) is 1.49. The molecule has 0 fully saturated rings. The van der Waals surface area contributed by atoms with Crippen molar-refractivity contribution in [2.24, 2.45) is 0 Å². The summed E-state index contributed by atoms with van der Waals surface area (Å²) in [4.78, 5) is 22.5. The third-order valence-electron chi connectivity index (χ3n) is 4.29. The van der Waals surface area contributed by atoms with Crippen LogP contribution in [0.1, 0.15) is 16.1 Å². The van der Waals surface area contributed by atoms with Gasteiger partial charge in [0, 0.05) is 18.7 Å². The molecule has 1 amide bonds. The molecule has 6 nitrogen and oxygen atoms in total. The molecule has 0 atom stereocenters. The van der Waals surface area contributed by atoms with Gasteiger partial charge in [0.25, 0.3) is 5.91 Å². The quantitative estimate of drug-likeness (QED) is 0.496. The minimum absolute atomic E-state index is 0. The summed E-state index contributed by atoms with van der Waals surface area (Å²) in [6.07, 6.45) is 0.865. The van der Waals surface area contributed by atoms with E-state index >= 15 is 0 Å². The van der Waals surface area contributed by atoms with Gasteiger partial charge in [-0.15, -0.1) is 11.3 Å². The van der Waals surface area contributed by atoms with E-state index in [1.165, 1.54) is 22.7 Å². The Morgan fingerprint density at radius 2 is 1.86 bits per heavy atom. The third kappa shape index (κ3) is 5.03. The number of carbonyl (C=O) groups excluding carboxylic acids is 1. The van der Waals surface area contributed by atoms with Crippen LogP contribution in [0.5, 0.6) is 11.5 Å². The second-order valence-corrected chi connectivity index (χ2v) is 10.1. The van der Waals surface area contributed by atoms with Crippen LogP contribution in [-0.4, -0.2) is 56.2 Å². The zero-order chi connectivity index (χ0) is 19.7. The highest BCUT2D eigenvalue weighted by atomic mass is 79.9. The van der Waals surface area contributed by atoms with Gasteiger partial charge in [0.05, 0.1) is 18.9 Å². The molecular weight excluding hydrogens is 498 g/mol. The average molecular weight is 518 g/mol. The summed E-state index contributed by atoms with van der Waals surface area (Å²) in [6.45, 7) is 2.60. The molecule has 4 rings (SSSR count). The van der Waals surface area contributed by atoms with Crippen LogP contribution in [0.4, 0.5) is 5.13 Å². The summed E-state index contributed by atoms with van der Waals surface area (Å²) in [6, 6.07) is 7.60. The molecule has 10 heteroatoms. The number of halogens is 2. The van der Waals surface area contributed by atoms with E-state index in [1.54, 1.807) is 4.90 Å². The van der Waals surface area contributed by atoms with E-state index in [0.29, 0.717) is 35.5 Å². The van der Waals surface area contributed by atoms with Crippen molar-refractivity contribution in [3.63, 3.8) is 0 Å². The molecule has 0 spiro atoms. The SMILES string of the molecule is CN(C)CCCN(C(=O)c1ccc(Br)s1)c1nc2cc3c(cc2s1)OCCO3.[Cl-]. The number of rotatable bonds is 6. The van der Waals surface area contributed by atoms with E-state index in [9.17, 15) is 4.79 Å². The van der Waals surface area contributed by atoms with E-state index in [0.717, 1.165) is 32.7 Å². The number of thiazole rings is 1. The van der Waals surface area contributed by atoms with E-state index < -0.39 is 0 Å². The van der Waals surface area contributed by atoms with Gasteiger partial charge in [0.2, 0.25) is 0 Å². The van der Waals surface area contributed by atoms with Crippen LogP contribution in [0.15, 0.2) is 28.1 Å². The molecule has 0 aliphatic carbocycles. The first kappa shape index (κ1) is 22.3. The van der Waals surface area contributed by atoms with Crippen molar-refractivity contribution in [3.05, 3.63) is 32.9 Å². The van der Waals surface area contributed by atoms with Gasteiger partial charge in [-0.1, -0.05) is 11.3 Å². The normalized spacial score (nSPS) is 12.8. The van der Waals surface area contributed by atoms with E-state index in [1.807, 2.05) is 38.4 Å². The Labute approximate surface area is 192 Å². The van der Waals surface area contributed by atoms with Gasteiger partial charge >= 0.3 is 0 Å². The fraction of sp³-hybridized carbons (Fsp3) is 0.368. The van der Waals surface area contributed by atoms with Crippen molar-refractivity contribution >= 4 is 59.9 Å². The molecule has 1 aliphatic heterocycles. The molecule has 156 valence electrons. The zero-order valence-corrected chi connectivity index (χ0v) is 20.0. The minimum atomic E-state index is -0.0224. The number of nitrogens with zero attached hydrogens (tertiary/aromatic N) is 3. The van der Waals surface area contributed by atoms with Crippen LogP contribution in [0.2, 0.25) is 0 Å². The van der Waals surface area contributed by atoms with Crippen LogP contribution in [0.3, 0.4) is 0 Å². The van der Waals surface area contributed by atoms with Gasteiger partial charge in [-0.2, -0.15) is 0 Å². The smallest absolute Gasteiger partial charge is 0.270 e. The summed E-state index contributed by atoms with van der Waals surface area (Å²) in [5.41, 5.74) is 0.821. The Hall–Kier alpha value is -1.39. The number of ether oxygens (including phenoxy) is 2. The maximum atomic E-state index is 13.2. The molecule has 1 aliphatic rings. The maximum absolute atomic E-state index is 13.2. The molecule has 0 N–H and O–H groups in total. The monoisotopic (exact) mass is 516 g/mol. The number of carbonyl (C=O) groups is 1. The van der Waals surface area contributed by atoms with Gasteiger partial charge in [0.1, 0.15) is 13.2 Å². The van der Waals surface area contributed by atoms with Crippen molar-refractivity contribution in [3.8, 4) is 11.5 Å². The van der Waals surface area contributed by atoms with Gasteiger partial charge in [-0.25, -0.2) is 4.98 Å². The second kappa shape index (κ2) is 9.61. The molecule has 1 aromatic carbocycles. The van der Waals surface area contributed by atoms with E-state index in [4.69, 9.17) is 14.5 Å². The highest BCUT2D eigenvalue weighted by Gasteiger charge is 2.23. The van der Waals surface area contributed by atoms with Gasteiger partial charge < -0.3 is 26.8 Å². The number of amides is 1. The van der Waals surface area contributed by atoms with Crippen LogP contribution in [0.25, 0.3) is 10.2 Å². The van der Waals surface area contributed by atoms with Crippen molar-refractivity contribution in [1.82, 2.24) is 9.88 Å². The van der Waals surface area contributed by atoms with Crippen molar-refractivity contribution in [2.45, 2.75) is 6.42 Å². The zero-order valence-electron chi connectivity index (χ0n) is 16.0. The standard InChI is InChI=1S/C19H20BrN3O3S2.ClH/c1-22(2)6-3-7-23(18(24)15-4-5-17(20)27-15)19-21-12-10-13-14(11-16(12)28-19)26-9-8-25-13;/h4-5,10-11H,3,6-9H2,1-2H3;1H/p-1. The second-order valence-electron chi connectivity index (χ2n) is 6.68. The Bertz CT molecular complexity index is 965. The number of fused-ring (bicyclic) bond motifs is 2. The lowest BCUT2D eigenvalue weighted by Crippen LogP contribution is -3.00. The molecule has 0 unspecified atom stereocenters. The molecule has 0 saturated carbocycles. The Balaban J connectivity index is 0.00000240. The van der Waals surface area contributed by atoms with E-state index in [2.05, 4.69) is 20.8 Å². The van der Waals surface area contributed by atoms with Crippen molar-refractivity contribution in [1.29, 1.82) is 0 Å². The first-order valence-electron chi connectivity index (χ1n) is 8.93. The van der Waals surface area contributed by atoms with Gasteiger partial charge in [-0.3, -0.25) is 9.69 Å². The molecule has 0 saturated heterocycles. The van der Waals surface area contributed by atoms with Crippen molar-refractivity contribution < 1.29 is 26.7 Å². The number of aromatic nitrogens is 1. The maximum Gasteiger partial charge on any atom is 0.270 e. The Morgan fingerprint density at radius 3 is 2.52 bits per heavy atom. The summed E-state index contributed by atoms with van der Waals surface area (Å²) in [5.74, 6) is 1.43. The lowest BCUT2D eigenvalue weighted by molar-refractivity contribution is -0.0000138. The first-order chi connectivity index (χ1) is 13.5. The summed E-state index contributed by atoms with van der Waals surface area (Å²) in [5, 5.41) is 0.700. The summed E-state index contributed by atoms with van der Waals surface area (Å²) < 4.78 is 13.3. The molecule has 2 aromatic heterocycles. The molecule has 0 radical (unpaired) electrons. The van der Waals surface area contributed by atoms with Crippen molar-refractivity contribution in [2.75, 3.05) is 45.3 Å². The average Bonchev–Trinajstić information content (AvgIpc) is 3.28. The number of hydrogen-bond donors (Lipinski definition) is 0. The Morgan fingerprint density at radius 1 is 1.14 bits per heavy atom. The third-order valence-corrected chi connectivity index (χ3v) is 6.94. The molecule has 3 heterocycles. The van der Waals surface area contributed by atoms with Gasteiger partial charge in [-0.05, 0) is 55.1 Å². The highest BCUT2D eigenvalue weighted by Crippen LogP contribution is 2.39.